The first-order valence-electron chi connectivity index (χ1n) is 8.14. The zero-order valence-corrected chi connectivity index (χ0v) is 14.9. The van der Waals surface area contributed by atoms with E-state index < -0.39 is 0 Å². The van der Waals surface area contributed by atoms with E-state index in [9.17, 15) is 0 Å². The molecule has 0 atom stereocenters. The van der Waals surface area contributed by atoms with Gasteiger partial charge in [-0.05, 0) is 68.0 Å². The average Bonchev–Trinajstić information content (AvgIpc) is 2.53. The monoisotopic (exact) mass is 302 g/mol. The normalized spacial score (nSPS) is 9.96. The van der Waals surface area contributed by atoms with E-state index in [0.717, 1.165) is 0 Å². The zero-order valence-electron chi connectivity index (χ0n) is 14.9. The summed E-state index contributed by atoms with van der Waals surface area (Å²) in [5, 5.41) is 0. The third kappa shape index (κ3) is 4.56. The van der Waals surface area contributed by atoms with Crippen molar-refractivity contribution >= 4 is 0 Å². The molecule has 0 heterocycles. The Labute approximate surface area is 140 Å². The van der Waals surface area contributed by atoms with E-state index in [1.165, 1.54) is 38.9 Å². The number of rotatable bonds is 1. The summed E-state index contributed by atoms with van der Waals surface area (Å²) in [6.07, 6.45) is 0. The fraction of sp³-hybridized carbons (Fsp3) is 0.217. The molecule has 0 fully saturated rings. The van der Waals surface area contributed by atoms with E-state index in [1.807, 2.05) is 18.2 Å². The minimum absolute atomic E-state index is 1.32. The molecule has 0 unspecified atom stereocenters. The highest BCUT2D eigenvalue weighted by Crippen LogP contribution is 2.28. The molecule has 0 spiro atoms. The lowest BCUT2D eigenvalue weighted by Gasteiger charge is -2.12. The van der Waals surface area contributed by atoms with Crippen LogP contribution in [-0.2, 0) is 0 Å². The zero-order chi connectivity index (χ0) is 16.8. The van der Waals surface area contributed by atoms with E-state index in [0.29, 0.717) is 0 Å². The van der Waals surface area contributed by atoms with Crippen LogP contribution in [0.15, 0.2) is 66.7 Å². The quantitative estimate of drug-likeness (QED) is 0.476. The second kappa shape index (κ2) is 7.78. The SMILES string of the molecule is Cc1cc(C)c(-c2ccccc2C)cc1C.Cc1ccccc1. The number of benzene rings is 3. The molecule has 23 heavy (non-hydrogen) atoms. The molecule has 0 bridgehead atoms. The highest BCUT2D eigenvalue weighted by Gasteiger charge is 2.06. The Balaban J connectivity index is 0.000000229. The van der Waals surface area contributed by atoms with Crippen molar-refractivity contribution in [3.05, 3.63) is 94.5 Å². The molecule has 0 saturated carbocycles. The maximum Gasteiger partial charge on any atom is -0.0149 e. The minimum Gasteiger partial charge on any atom is -0.0622 e. The molecule has 3 rings (SSSR count). The van der Waals surface area contributed by atoms with Crippen LogP contribution in [0.4, 0.5) is 0 Å². The molecule has 0 nitrogen and oxygen atoms in total. The van der Waals surface area contributed by atoms with Crippen LogP contribution in [-0.4, -0.2) is 0 Å². The van der Waals surface area contributed by atoms with Crippen molar-refractivity contribution in [3.63, 3.8) is 0 Å². The van der Waals surface area contributed by atoms with Gasteiger partial charge in [0.05, 0.1) is 0 Å². The maximum absolute atomic E-state index is 2.30. The summed E-state index contributed by atoms with van der Waals surface area (Å²) >= 11 is 0. The van der Waals surface area contributed by atoms with Gasteiger partial charge in [0.15, 0.2) is 0 Å². The van der Waals surface area contributed by atoms with E-state index in [2.05, 4.69) is 83.1 Å². The predicted octanol–water partition coefficient (Wildman–Crippen LogP) is 6.58. The van der Waals surface area contributed by atoms with Crippen molar-refractivity contribution in [2.75, 3.05) is 0 Å². The molecule has 0 saturated heterocycles. The van der Waals surface area contributed by atoms with E-state index >= 15 is 0 Å². The van der Waals surface area contributed by atoms with Crippen LogP contribution in [0.5, 0.6) is 0 Å². The van der Waals surface area contributed by atoms with E-state index in [1.54, 1.807) is 0 Å². The van der Waals surface area contributed by atoms with E-state index in [4.69, 9.17) is 0 Å². The summed E-state index contributed by atoms with van der Waals surface area (Å²) in [6, 6.07) is 23.4. The largest absolute Gasteiger partial charge is 0.0622 e. The lowest BCUT2D eigenvalue weighted by Crippen LogP contribution is -1.90. The Morgan fingerprint density at radius 1 is 0.435 bits per heavy atom. The standard InChI is InChI=1S/C16H18.C7H8/c1-11-7-5-6-8-15(11)16-10-13(3)12(2)9-14(16)4;1-7-5-3-2-4-6-7/h5-10H,1-4H3;2-6H,1H3. The van der Waals surface area contributed by atoms with Crippen LogP contribution >= 0.6 is 0 Å². The Bertz CT molecular complexity index is 767. The molecule has 0 aliphatic carbocycles. The minimum atomic E-state index is 1.32. The summed E-state index contributed by atoms with van der Waals surface area (Å²) in [7, 11) is 0. The molecule has 0 N–H and O–H groups in total. The topological polar surface area (TPSA) is 0 Å². The Morgan fingerprint density at radius 2 is 1.00 bits per heavy atom. The van der Waals surface area contributed by atoms with Crippen LogP contribution in [0.1, 0.15) is 27.8 Å². The molecule has 0 aliphatic rings. The molecule has 0 aromatic heterocycles. The first kappa shape index (κ1) is 17.0. The second-order valence-electron chi connectivity index (χ2n) is 6.22. The fourth-order valence-electron chi connectivity index (χ4n) is 2.66. The third-order valence-corrected chi connectivity index (χ3v) is 4.22. The van der Waals surface area contributed by atoms with Gasteiger partial charge in [-0.15, -0.1) is 0 Å². The fourth-order valence-corrected chi connectivity index (χ4v) is 2.66. The van der Waals surface area contributed by atoms with Crippen molar-refractivity contribution in [2.24, 2.45) is 0 Å². The lowest BCUT2D eigenvalue weighted by molar-refractivity contribution is 1.29. The molecular weight excluding hydrogens is 276 g/mol. The second-order valence-corrected chi connectivity index (χ2v) is 6.22. The van der Waals surface area contributed by atoms with Gasteiger partial charge in [0.25, 0.3) is 0 Å². The smallest absolute Gasteiger partial charge is 0.0149 e. The molecule has 3 aromatic rings. The van der Waals surface area contributed by atoms with Gasteiger partial charge in [0, 0.05) is 0 Å². The molecule has 0 radical (unpaired) electrons. The molecule has 0 amide bonds. The van der Waals surface area contributed by atoms with Crippen molar-refractivity contribution in [1.82, 2.24) is 0 Å². The van der Waals surface area contributed by atoms with Crippen molar-refractivity contribution in [2.45, 2.75) is 34.6 Å². The molecule has 3 aromatic carbocycles. The van der Waals surface area contributed by atoms with Gasteiger partial charge in [0.2, 0.25) is 0 Å². The number of aryl methyl sites for hydroxylation is 5. The summed E-state index contributed by atoms with van der Waals surface area (Å²) < 4.78 is 0. The van der Waals surface area contributed by atoms with Crippen LogP contribution in [0, 0.1) is 34.6 Å². The van der Waals surface area contributed by atoms with Gasteiger partial charge >= 0.3 is 0 Å². The maximum atomic E-state index is 2.30. The van der Waals surface area contributed by atoms with Crippen LogP contribution in [0.3, 0.4) is 0 Å². The predicted molar refractivity (Wildman–Crippen MR) is 102 cm³/mol. The van der Waals surface area contributed by atoms with Crippen molar-refractivity contribution in [1.29, 1.82) is 0 Å². The average molecular weight is 302 g/mol. The van der Waals surface area contributed by atoms with Crippen LogP contribution in [0.2, 0.25) is 0 Å². The first-order chi connectivity index (χ1) is 11.0. The van der Waals surface area contributed by atoms with Crippen molar-refractivity contribution in [3.8, 4) is 11.1 Å². The van der Waals surface area contributed by atoms with Gasteiger partial charge in [-0.1, -0.05) is 72.3 Å². The summed E-state index contributed by atoms with van der Waals surface area (Å²) in [5.74, 6) is 0. The number of hydrogen-bond donors (Lipinski definition) is 0. The molecule has 0 aliphatic heterocycles. The van der Waals surface area contributed by atoms with Crippen LogP contribution < -0.4 is 0 Å². The Morgan fingerprint density at radius 3 is 1.57 bits per heavy atom. The van der Waals surface area contributed by atoms with Gasteiger partial charge < -0.3 is 0 Å². The van der Waals surface area contributed by atoms with Crippen LogP contribution in [0.25, 0.3) is 11.1 Å². The van der Waals surface area contributed by atoms with Gasteiger partial charge in [0.1, 0.15) is 0 Å². The Kier molecular flexibility index (Phi) is 5.76. The molecule has 118 valence electrons. The first-order valence-corrected chi connectivity index (χ1v) is 8.14. The van der Waals surface area contributed by atoms with Gasteiger partial charge in [-0.3, -0.25) is 0 Å². The van der Waals surface area contributed by atoms with E-state index in [-0.39, 0.29) is 0 Å². The highest BCUT2D eigenvalue weighted by molar-refractivity contribution is 5.71. The molecule has 0 heteroatoms. The summed E-state index contributed by atoms with van der Waals surface area (Å²) in [5.41, 5.74) is 9.47. The third-order valence-electron chi connectivity index (χ3n) is 4.22. The number of hydrogen-bond acceptors (Lipinski definition) is 0. The Hall–Kier alpha value is -2.34. The van der Waals surface area contributed by atoms with Crippen molar-refractivity contribution < 1.29 is 0 Å². The summed E-state index contributed by atoms with van der Waals surface area (Å²) in [6.45, 7) is 10.8. The van der Waals surface area contributed by atoms with Gasteiger partial charge in [-0.2, -0.15) is 0 Å². The highest BCUT2D eigenvalue weighted by atomic mass is 14.1. The van der Waals surface area contributed by atoms with Gasteiger partial charge in [-0.25, -0.2) is 0 Å². The lowest BCUT2D eigenvalue weighted by atomic mass is 9.93. The summed E-state index contributed by atoms with van der Waals surface area (Å²) in [4.78, 5) is 0. The molecular formula is C23H26.